The van der Waals surface area contributed by atoms with E-state index in [2.05, 4.69) is 44.7 Å². The van der Waals surface area contributed by atoms with Crippen molar-refractivity contribution in [1.82, 2.24) is 9.80 Å². The summed E-state index contributed by atoms with van der Waals surface area (Å²) in [6, 6.07) is 22.5. The van der Waals surface area contributed by atoms with Crippen LogP contribution in [0.15, 0.2) is 72.8 Å². The molecule has 1 aliphatic heterocycles. The minimum absolute atomic E-state index is 0.00981. The van der Waals surface area contributed by atoms with Crippen LogP contribution in [0.5, 0.6) is 11.5 Å². The number of benzene rings is 3. The highest BCUT2D eigenvalue weighted by molar-refractivity contribution is 5.78. The van der Waals surface area contributed by atoms with Crippen LogP contribution in [0, 0.1) is 5.82 Å². The summed E-state index contributed by atoms with van der Waals surface area (Å²) in [5.41, 5.74) is 3.52. The van der Waals surface area contributed by atoms with Crippen molar-refractivity contribution in [2.45, 2.75) is 71.0 Å². The average molecular weight is 533 g/mol. The Morgan fingerprint density at radius 3 is 2.23 bits per heavy atom. The first-order chi connectivity index (χ1) is 18.7. The van der Waals surface area contributed by atoms with Crippen LogP contribution in [0.25, 0.3) is 0 Å². The summed E-state index contributed by atoms with van der Waals surface area (Å²) < 4.78 is 19.2. The molecule has 3 aromatic rings. The van der Waals surface area contributed by atoms with E-state index in [1.54, 1.807) is 12.1 Å². The lowest BCUT2D eigenvalue weighted by Gasteiger charge is -2.44. The predicted octanol–water partition coefficient (Wildman–Crippen LogP) is 6.72. The normalized spacial score (nSPS) is 19.5. The number of ether oxygens (including phenoxy) is 1. The van der Waals surface area contributed by atoms with Crippen molar-refractivity contribution in [3.8, 4) is 11.5 Å². The van der Waals surface area contributed by atoms with Crippen LogP contribution in [0.1, 0.15) is 69.1 Å². The molecule has 1 N–H and O–H groups in total. The maximum Gasteiger partial charge on any atom is 0.260 e. The standard InChI is InChI=1S/C33H41FN2O3/c1-5-6-32(28-9-15-30(37)16-10-28)25(4)27-11-17-31(18-12-27)39-22-33(38)36-20-23(2)35(19-24(36)3)21-26-7-13-29(34)14-8-26/h7-18,23-25,32,37H,5-6,19-22H2,1-4H3/t23-,24+,25?,32?/m0/s1. The van der Waals surface area contributed by atoms with Crippen LogP contribution in [0.4, 0.5) is 4.39 Å². The fraction of sp³-hybridized carbons (Fsp3) is 0.424. The Balaban J connectivity index is 1.31. The van der Waals surface area contributed by atoms with Gasteiger partial charge in [-0.15, -0.1) is 0 Å². The van der Waals surface area contributed by atoms with Gasteiger partial charge in [0, 0.05) is 31.7 Å². The van der Waals surface area contributed by atoms with Crippen molar-refractivity contribution in [2.24, 2.45) is 0 Å². The Labute approximate surface area is 232 Å². The predicted molar refractivity (Wildman–Crippen MR) is 154 cm³/mol. The second-order valence-electron chi connectivity index (χ2n) is 10.9. The molecular weight excluding hydrogens is 491 g/mol. The van der Waals surface area contributed by atoms with Crippen LogP contribution in [0.2, 0.25) is 0 Å². The number of hydrogen-bond acceptors (Lipinski definition) is 4. The number of nitrogens with zero attached hydrogens (tertiary/aromatic N) is 2. The highest BCUT2D eigenvalue weighted by atomic mass is 19.1. The van der Waals surface area contributed by atoms with Crippen molar-refractivity contribution in [2.75, 3.05) is 19.7 Å². The summed E-state index contributed by atoms with van der Waals surface area (Å²) in [5, 5.41) is 9.67. The Hall–Kier alpha value is -3.38. The fourth-order valence-electron chi connectivity index (χ4n) is 5.66. The number of aromatic hydroxyl groups is 1. The average Bonchev–Trinajstić information content (AvgIpc) is 2.94. The number of piperazine rings is 1. The molecule has 6 heteroatoms. The summed E-state index contributed by atoms with van der Waals surface area (Å²) >= 11 is 0. The van der Waals surface area contributed by atoms with E-state index in [0.29, 0.717) is 24.1 Å². The Kier molecular flexibility index (Phi) is 9.63. The molecule has 2 unspecified atom stereocenters. The van der Waals surface area contributed by atoms with E-state index in [1.807, 2.05) is 41.3 Å². The molecular formula is C33H41FN2O3. The first-order valence-electron chi connectivity index (χ1n) is 14.0. The molecule has 1 heterocycles. The van der Waals surface area contributed by atoms with Gasteiger partial charge in [-0.1, -0.05) is 56.7 Å². The summed E-state index contributed by atoms with van der Waals surface area (Å²) in [4.78, 5) is 17.3. The molecule has 4 atom stereocenters. The zero-order valence-corrected chi connectivity index (χ0v) is 23.5. The first kappa shape index (κ1) is 28.6. The van der Waals surface area contributed by atoms with Crippen molar-refractivity contribution in [1.29, 1.82) is 0 Å². The van der Waals surface area contributed by atoms with Gasteiger partial charge < -0.3 is 14.7 Å². The van der Waals surface area contributed by atoms with E-state index < -0.39 is 0 Å². The Morgan fingerprint density at radius 2 is 1.59 bits per heavy atom. The van der Waals surface area contributed by atoms with E-state index >= 15 is 0 Å². The molecule has 0 spiro atoms. The smallest absolute Gasteiger partial charge is 0.260 e. The number of rotatable bonds is 10. The summed E-state index contributed by atoms with van der Waals surface area (Å²) in [6.45, 7) is 10.8. The fourth-order valence-corrected chi connectivity index (χ4v) is 5.66. The van der Waals surface area contributed by atoms with Crippen molar-refractivity contribution in [3.05, 3.63) is 95.3 Å². The molecule has 3 aromatic carbocycles. The third-order valence-corrected chi connectivity index (χ3v) is 8.03. The number of hydrogen-bond donors (Lipinski definition) is 1. The lowest BCUT2D eigenvalue weighted by molar-refractivity contribution is -0.139. The van der Waals surface area contributed by atoms with Crippen LogP contribution in [-0.2, 0) is 11.3 Å². The highest BCUT2D eigenvalue weighted by Crippen LogP contribution is 2.37. The van der Waals surface area contributed by atoms with Crippen molar-refractivity contribution >= 4 is 5.91 Å². The van der Waals surface area contributed by atoms with Gasteiger partial charge in [0.25, 0.3) is 5.91 Å². The van der Waals surface area contributed by atoms with Gasteiger partial charge in [0.15, 0.2) is 6.61 Å². The van der Waals surface area contributed by atoms with Gasteiger partial charge in [-0.3, -0.25) is 9.69 Å². The Bertz CT molecular complexity index is 1200. The summed E-state index contributed by atoms with van der Waals surface area (Å²) in [6.07, 6.45) is 2.14. The second kappa shape index (κ2) is 13.1. The SMILES string of the molecule is CCCC(c1ccc(O)cc1)C(C)c1ccc(OCC(=O)N2C[C@H](C)N(Cc3ccc(F)cc3)C[C@H]2C)cc1. The van der Waals surface area contributed by atoms with Gasteiger partial charge in [-0.2, -0.15) is 0 Å². The van der Waals surface area contributed by atoms with Gasteiger partial charge in [0.05, 0.1) is 0 Å². The molecule has 4 rings (SSSR count). The number of halogens is 1. The minimum atomic E-state index is -0.227. The number of carbonyl (C=O) groups excluding carboxylic acids is 1. The van der Waals surface area contributed by atoms with Crippen LogP contribution < -0.4 is 4.74 Å². The zero-order valence-electron chi connectivity index (χ0n) is 23.5. The van der Waals surface area contributed by atoms with Crippen LogP contribution >= 0.6 is 0 Å². The molecule has 0 radical (unpaired) electrons. The van der Waals surface area contributed by atoms with Crippen LogP contribution in [0.3, 0.4) is 0 Å². The van der Waals surface area contributed by atoms with Gasteiger partial charge in [0.2, 0.25) is 0 Å². The second-order valence-corrected chi connectivity index (χ2v) is 10.9. The number of carbonyl (C=O) groups is 1. The largest absolute Gasteiger partial charge is 0.508 e. The van der Waals surface area contributed by atoms with Crippen molar-refractivity contribution in [3.63, 3.8) is 0 Å². The molecule has 1 fully saturated rings. The number of amides is 1. The molecule has 0 aromatic heterocycles. The van der Waals surface area contributed by atoms with Crippen LogP contribution in [-0.4, -0.2) is 52.6 Å². The van der Waals surface area contributed by atoms with Gasteiger partial charge in [0.1, 0.15) is 17.3 Å². The maximum absolute atomic E-state index is 13.3. The minimum Gasteiger partial charge on any atom is -0.508 e. The molecule has 1 saturated heterocycles. The maximum atomic E-state index is 13.3. The van der Waals surface area contributed by atoms with Gasteiger partial charge >= 0.3 is 0 Å². The lowest BCUT2D eigenvalue weighted by atomic mass is 9.80. The van der Waals surface area contributed by atoms with E-state index in [-0.39, 0.29) is 36.2 Å². The highest BCUT2D eigenvalue weighted by Gasteiger charge is 2.32. The molecule has 0 saturated carbocycles. The number of phenols is 1. The van der Waals surface area contributed by atoms with E-state index in [1.165, 1.54) is 23.3 Å². The molecule has 5 nitrogen and oxygen atoms in total. The number of phenolic OH excluding ortho intramolecular Hbond substituents is 1. The Morgan fingerprint density at radius 1 is 0.949 bits per heavy atom. The third-order valence-electron chi connectivity index (χ3n) is 8.03. The van der Waals surface area contributed by atoms with E-state index in [0.717, 1.165) is 31.5 Å². The topological polar surface area (TPSA) is 53.0 Å². The molecule has 0 bridgehead atoms. The summed E-state index contributed by atoms with van der Waals surface area (Å²) in [5.74, 6) is 1.39. The van der Waals surface area contributed by atoms with Crippen molar-refractivity contribution < 1.29 is 19.0 Å². The third kappa shape index (κ3) is 7.39. The monoisotopic (exact) mass is 532 g/mol. The first-order valence-corrected chi connectivity index (χ1v) is 14.0. The zero-order chi connectivity index (χ0) is 27.9. The molecule has 0 aliphatic carbocycles. The molecule has 1 amide bonds. The van der Waals surface area contributed by atoms with Gasteiger partial charge in [-0.05, 0) is 85.2 Å². The summed E-state index contributed by atoms with van der Waals surface area (Å²) in [7, 11) is 0. The lowest BCUT2D eigenvalue weighted by Crippen LogP contribution is -2.58. The van der Waals surface area contributed by atoms with E-state index in [4.69, 9.17) is 4.74 Å². The molecule has 39 heavy (non-hydrogen) atoms. The quantitative estimate of drug-likeness (QED) is 0.315. The molecule has 208 valence electrons. The van der Waals surface area contributed by atoms with Gasteiger partial charge in [-0.25, -0.2) is 4.39 Å². The molecule has 1 aliphatic rings. The van der Waals surface area contributed by atoms with E-state index in [9.17, 15) is 14.3 Å².